The normalized spacial score (nSPS) is 17.8. The van der Waals surface area contributed by atoms with Gasteiger partial charge >= 0.3 is 0 Å². The van der Waals surface area contributed by atoms with Crippen LogP contribution in [0.1, 0.15) is 22.8 Å². The molecule has 3 rings (SSSR count). The Hall–Kier alpha value is -1.39. The van der Waals surface area contributed by atoms with Crippen molar-refractivity contribution in [3.63, 3.8) is 0 Å². The van der Waals surface area contributed by atoms with Crippen molar-refractivity contribution in [2.45, 2.75) is 16.8 Å². The van der Waals surface area contributed by atoms with E-state index in [1.165, 1.54) is 17.8 Å². The summed E-state index contributed by atoms with van der Waals surface area (Å²) >= 11 is 1.52. The summed E-state index contributed by atoms with van der Waals surface area (Å²) in [6, 6.07) is 9.69. The van der Waals surface area contributed by atoms with Crippen molar-refractivity contribution in [3.8, 4) is 0 Å². The number of aliphatic hydroxyl groups is 1. The fraction of sp³-hybridized carbons (Fsp3) is 0.143. The van der Waals surface area contributed by atoms with E-state index in [9.17, 15) is 13.9 Å². The molecule has 0 saturated heterocycles. The van der Waals surface area contributed by atoms with Gasteiger partial charge < -0.3 is 5.11 Å². The summed E-state index contributed by atoms with van der Waals surface area (Å²) in [5.74, 6) is -1.26. The third-order valence-corrected chi connectivity index (χ3v) is 4.21. The monoisotopic (exact) mass is 264 g/mol. The van der Waals surface area contributed by atoms with Crippen LogP contribution in [0.5, 0.6) is 0 Å². The first-order valence-corrected chi connectivity index (χ1v) is 6.53. The number of rotatable bonds is 0. The van der Waals surface area contributed by atoms with Crippen LogP contribution in [-0.4, -0.2) is 5.11 Å². The molecule has 1 aliphatic heterocycles. The second-order valence-electron chi connectivity index (χ2n) is 4.19. The maximum absolute atomic E-state index is 13.3. The van der Waals surface area contributed by atoms with Crippen molar-refractivity contribution < 1.29 is 13.9 Å². The van der Waals surface area contributed by atoms with Crippen LogP contribution < -0.4 is 0 Å². The maximum atomic E-state index is 13.3. The second-order valence-corrected chi connectivity index (χ2v) is 5.21. The number of fused-ring (bicyclic) bond motifs is 2. The number of halogens is 2. The standard InChI is InChI=1S/C14H10F2OS/c15-11-5-8-7-18-13-4-2-1-3-9(13)14(17)10(8)6-12(11)16/h1-6,14,17H,7H2. The van der Waals surface area contributed by atoms with E-state index in [0.717, 1.165) is 16.5 Å². The summed E-state index contributed by atoms with van der Waals surface area (Å²) in [6.07, 6.45) is -0.902. The summed E-state index contributed by atoms with van der Waals surface area (Å²) in [4.78, 5) is 0.946. The zero-order valence-corrected chi connectivity index (χ0v) is 10.2. The zero-order chi connectivity index (χ0) is 12.7. The summed E-state index contributed by atoms with van der Waals surface area (Å²) in [5, 5.41) is 10.3. The summed E-state index contributed by atoms with van der Waals surface area (Å²) in [7, 11) is 0. The van der Waals surface area contributed by atoms with Crippen molar-refractivity contribution in [2.24, 2.45) is 0 Å². The van der Waals surface area contributed by atoms with E-state index in [1.54, 1.807) is 0 Å². The van der Waals surface area contributed by atoms with Gasteiger partial charge in [-0.15, -0.1) is 11.8 Å². The van der Waals surface area contributed by atoms with E-state index < -0.39 is 17.7 Å². The van der Waals surface area contributed by atoms with Crippen LogP contribution in [0.15, 0.2) is 41.3 Å². The molecule has 18 heavy (non-hydrogen) atoms. The summed E-state index contributed by atoms with van der Waals surface area (Å²) in [6.45, 7) is 0. The van der Waals surface area contributed by atoms with Crippen LogP contribution in [0.4, 0.5) is 8.78 Å². The second kappa shape index (κ2) is 4.37. The maximum Gasteiger partial charge on any atom is 0.159 e. The van der Waals surface area contributed by atoms with Gasteiger partial charge in [0.25, 0.3) is 0 Å². The minimum Gasteiger partial charge on any atom is -0.384 e. The molecule has 1 aliphatic rings. The largest absolute Gasteiger partial charge is 0.384 e. The van der Waals surface area contributed by atoms with Gasteiger partial charge in [-0.25, -0.2) is 8.78 Å². The van der Waals surface area contributed by atoms with Crippen LogP contribution in [0.25, 0.3) is 0 Å². The van der Waals surface area contributed by atoms with Gasteiger partial charge in [0, 0.05) is 10.6 Å². The highest BCUT2D eigenvalue weighted by Gasteiger charge is 2.23. The van der Waals surface area contributed by atoms with Crippen LogP contribution >= 0.6 is 11.8 Å². The highest BCUT2D eigenvalue weighted by molar-refractivity contribution is 7.98. The lowest BCUT2D eigenvalue weighted by molar-refractivity contribution is 0.216. The average Bonchev–Trinajstić information content (AvgIpc) is 2.51. The van der Waals surface area contributed by atoms with E-state index in [1.807, 2.05) is 24.3 Å². The molecule has 0 amide bonds. The highest BCUT2D eigenvalue weighted by atomic mass is 32.2. The fourth-order valence-corrected chi connectivity index (χ4v) is 3.23. The van der Waals surface area contributed by atoms with E-state index in [2.05, 4.69) is 0 Å². The van der Waals surface area contributed by atoms with Crippen LogP contribution in [-0.2, 0) is 5.75 Å². The predicted molar refractivity (Wildman–Crippen MR) is 66.4 cm³/mol. The lowest BCUT2D eigenvalue weighted by Crippen LogP contribution is -2.04. The molecule has 1 nitrogen and oxygen atoms in total. The lowest BCUT2D eigenvalue weighted by Gasteiger charge is -2.13. The molecule has 92 valence electrons. The molecular formula is C14H10F2OS. The van der Waals surface area contributed by atoms with Crippen molar-refractivity contribution >= 4 is 11.8 Å². The number of benzene rings is 2. The Morgan fingerprint density at radius 3 is 2.61 bits per heavy atom. The smallest absolute Gasteiger partial charge is 0.159 e. The Balaban J connectivity index is 2.19. The summed E-state index contributed by atoms with van der Waals surface area (Å²) in [5.41, 5.74) is 1.83. The number of thioether (sulfide) groups is 1. The highest BCUT2D eigenvalue weighted by Crippen LogP contribution is 2.39. The average molecular weight is 264 g/mol. The van der Waals surface area contributed by atoms with Gasteiger partial charge in [0.2, 0.25) is 0 Å². The third-order valence-electron chi connectivity index (χ3n) is 3.07. The van der Waals surface area contributed by atoms with Crippen molar-refractivity contribution in [1.29, 1.82) is 0 Å². The molecule has 0 fully saturated rings. The van der Waals surface area contributed by atoms with E-state index in [-0.39, 0.29) is 0 Å². The first-order chi connectivity index (χ1) is 8.66. The minimum absolute atomic E-state index is 0.450. The molecule has 0 saturated carbocycles. The molecule has 0 bridgehead atoms. The number of hydrogen-bond acceptors (Lipinski definition) is 2. The predicted octanol–water partition coefficient (Wildman–Crippen LogP) is 3.65. The number of aliphatic hydroxyl groups excluding tert-OH is 1. The molecule has 1 unspecified atom stereocenters. The zero-order valence-electron chi connectivity index (χ0n) is 9.36. The van der Waals surface area contributed by atoms with Gasteiger partial charge in [-0.3, -0.25) is 0 Å². The Kier molecular flexibility index (Phi) is 2.84. The molecule has 0 spiro atoms. The topological polar surface area (TPSA) is 20.2 Å². The van der Waals surface area contributed by atoms with Crippen LogP contribution in [0, 0.1) is 11.6 Å². The van der Waals surface area contributed by atoms with Crippen LogP contribution in [0.2, 0.25) is 0 Å². The first-order valence-electron chi connectivity index (χ1n) is 5.54. The molecule has 2 aromatic carbocycles. The van der Waals surface area contributed by atoms with Gasteiger partial charge in [0.15, 0.2) is 11.6 Å². The fourth-order valence-electron chi connectivity index (χ4n) is 2.14. The molecule has 4 heteroatoms. The van der Waals surface area contributed by atoms with Gasteiger partial charge in [0.05, 0.1) is 0 Å². The van der Waals surface area contributed by atoms with Gasteiger partial charge in [-0.2, -0.15) is 0 Å². The SMILES string of the molecule is OC1c2cc(F)c(F)cc2CSc2ccccc21. The summed E-state index contributed by atoms with van der Waals surface area (Å²) < 4.78 is 26.5. The first kappa shape index (κ1) is 11.7. The van der Waals surface area contributed by atoms with Crippen molar-refractivity contribution in [3.05, 3.63) is 64.7 Å². The van der Waals surface area contributed by atoms with E-state index in [4.69, 9.17) is 0 Å². The van der Waals surface area contributed by atoms with Crippen molar-refractivity contribution in [1.82, 2.24) is 0 Å². The minimum atomic E-state index is -0.919. The number of hydrogen-bond donors (Lipinski definition) is 1. The Morgan fingerprint density at radius 2 is 1.78 bits per heavy atom. The molecular weight excluding hydrogens is 254 g/mol. The molecule has 1 atom stereocenters. The quantitative estimate of drug-likeness (QED) is 0.783. The van der Waals surface area contributed by atoms with Gasteiger partial charge in [-0.1, -0.05) is 18.2 Å². The van der Waals surface area contributed by atoms with Crippen molar-refractivity contribution in [2.75, 3.05) is 0 Å². The Labute approximate surface area is 107 Å². The molecule has 1 heterocycles. The Morgan fingerprint density at radius 1 is 1.06 bits per heavy atom. The van der Waals surface area contributed by atoms with Gasteiger partial charge in [0.1, 0.15) is 6.10 Å². The van der Waals surface area contributed by atoms with Crippen LogP contribution in [0.3, 0.4) is 0 Å². The Bertz CT molecular complexity index is 613. The molecule has 1 N–H and O–H groups in total. The molecule has 0 radical (unpaired) electrons. The lowest BCUT2D eigenvalue weighted by atomic mass is 9.97. The molecule has 0 aliphatic carbocycles. The molecule has 0 aromatic heterocycles. The van der Waals surface area contributed by atoms with Gasteiger partial charge in [-0.05, 0) is 34.9 Å². The van der Waals surface area contributed by atoms with E-state index >= 15 is 0 Å². The third kappa shape index (κ3) is 1.82. The molecule has 2 aromatic rings. The van der Waals surface area contributed by atoms with E-state index in [0.29, 0.717) is 16.9 Å².